The zero-order valence-corrected chi connectivity index (χ0v) is 10.5. The molecule has 1 aliphatic rings. The first-order valence-corrected chi connectivity index (χ1v) is 6.28. The van der Waals surface area contributed by atoms with Crippen LogP contribution in [0.2, 0.25) is 0 Å². The first-order chi connectivity index (χ1) is 8.66. The molecule has 6 nitrogen and oxygen atoms in total. The first-order valence-electron chi connectivity index (χ1n) is 6.28. The smallest absolute Gasteiger partial charge is 0.303 e. The van der Waals surface area contributed by atoms with Crippen molar-refractivity contribution >= 4 is 5.97 Å². The molecule has 1 saturated heterocycles. The van der Waals surface area contributed by atoms with Gasteiger partial charge in [0.15, 0.2) is 0 Å². The Hall–Kier alpha value is -1.43. The average Bonchev–Trinajstić information content (AvgIpc) is 2.78. The van der Waals surface area contributed by atoms with Gasteiger partial charge in [-0.05, 0) is 18.8 Å². The van der Waals surface area contributed by atoms with Gasteiger partial charge < -0.3 is 14.3 Å². The zero-order valence-electron chi connectivity index (χ0n) is 10.5. The molecule has 100 valence electrons. The summed E-state index contributed by atoms with van der Waals surface area (Å²) in [6.45, 7) is 3.56. The standard InChI is InChI=1S/C12H18N2O4/c1-8-7-17-6-5-9(8)12-14-13-10(18-12)3-2-4-11(15)16/h8-9H,2-7H2,1H3,(H,15,16). The van der Waals surface area contributed by atoms with Gasteiger partial charge in [0.1, 0.15) is 0 Å². The van der Waals surface area contributed by atoms with E-state index < -0.39 is 5.97 Å². The number of aliphatic carboxylic acids is 1. The third-order valence-electron chi connectivity index (χ3n) is 3.22. The predicted molar refractivity (Wildman–Crippen MR) is 62.2 cm³/mol. The predicted octanol–water partition coefficient (Wildman–Crippen LogP) is 1.62. The fourth-order valence-corrected chi connectivity index (χ4v) is 2.16. The van der Waals surface area contributed by atoms with Crippen molar-refractivity contribution in [3.8, 4) is 0 Å². The van der Waals surface area contributed by atoms with Gasteiger partial charge >= 0.3 is 5.97 Å². The van der Waals surface area contributed by atoms with Crippen molar-refractivity contribution in [1.82, 2.24) is 10.2 Å². The van der Waals surface area contributed by atoms with E-state index in [1.165, 1.54) is 0 Å². The largest absolute Gasteiger partial charge is 0.481 e. The van der Waals surface area contributed by atoms with Gasteiger partial charge in [0, 0.05) is 32.0 Å². The molecule has 0 saturated carbocycles. The molecule has 1 aromatic rings. The van der Waals surface area contributed by atoms with Crippen LogP contribution in [0.1, 0.15) is 43.9 Å². The van der Waals surface area contributed by atoms with Gasteiger partial charge in [-0.2, -0.15) is 0 Å². The van der Waals surface area contributed by atoms with Gasteiger partial charge in [-0.15, -0.1) is 10.2 Å². The van der Waals surface area contributed by atoms with E-state index in [0.717, 1.165) is 19.6 Å². The Morgan fingerprint density at radius 2 is 2.33 bits per heavy atom. The number of nitrogens with zero attached hydrogens (tertiary/aromatic N) is 2. The van der Waals surface area contributed by atoms with Crippen molar-refractivity contribution in [3.05, 3.63) is 11.8 Å². The molecule has 0 amide bonds. The summed E-state index contributed by atoms with van der Waals surface area (Å²) in [5.41, 5.74) is 0. The van der Waals surface area contributed by atoms with Crippen LogP contribution in [0.25, 0.3) is 0 Å². The molecular weight excluding hydrogens is 236 g/mol. The minimum atomic E-state index is -0.798. The maximum absolute atomic E-state index is 10.4. The minimum Gasteiger partial charge on any atom is -0.481 e. The summed E-state index contributed by atoms with van der Waals surface area (Å²) < 4.78 is 11.0. The summed E-state index contributed by atoms with van der Waals surface area (Å²) in [6.07, 6.45) is 2.08. The first kappa shape index (κ1) is 13.0. The SMILES string of the molecule is CC1COCCC1c1nnc(CCCC(=O)O)o1. The molecule has 6 heteroatoms. The molecule has 2 unspecified atom stereocenters. The molecule has 1 N–H and O–H groups in total. The van der Waals surface area contributed by atoms with Crippen LogP contribution in [0.3, 0.4) is 0 Å². The van der Waals surface area contributed by atoms with Crippen molar-refractivity contribution < 1.29 is 19.1 Å². The summed E-state index contributed by atoms with van der Waals surface area (Å²) in [5.74, 6) is 1.04. The monoisotopic (exact) mass is 254 g/mol. The summed E-state index contributed by atoms with van der Waals surface area (Å²) >= 11 is 0. The quantitative estimate of drug-likeness (QED) is 0.859. The van der Waals surface area contributed by atoms with Crippen LogP contribution >= 0.6 is 0 Å². The van der Waals surface area contributed by atoms with Gasteiger partial charge in [0.2, 0.25) is 11.8 Å². The number of hydrogen-bond donors (Lipinski definition) is 1. The minimum absolute atomic E-state index is 0.130. The van der Waals surface area contributed by atoms with Crippen LogP contribution in [-0.4, -0.2) is 34.5 Å². The van der Waals surface area contributed by atoms with E-state index in [1.807, 2.05) is 0 Å². The van der Waals surface area contributed by atoms with Crippen LogP contribution in [0.5, 0.6) is 0 Å². The molecule has 1 aromatic heterocycles. The lowest BCUT2D eigenvalue weighted by Crippen LogP contribution is -2.23. The van der Waals surface area contributed by atoms with Crippen molar-refractivity contribution in [2.45, 2.75) is 38.5 Å². The van der Waals surface area contributed by atoms with Crippen LogP contribution < -0.4 is 0 Å². The van der Waals surface area contributed by atoms with Crippen molar-refractivity contribution in [3.63, 3.8) is 0 Å². The molecule has 0 aliphatic carbocycles. The van der Waals surface area contributed by atoms with Crippen LogP contribution in [0, 0.1) is 5.92 Å². The van der Waals surface area contributed by atoms with Crippen LogP contribution in [-0.2, 0) is 16.0 Å². The molecule has 1 aliphatic heterocycles. The van der Waals surface area contributed by atoms with E-state index in [-0.39, 0.29) is 12.3 Å². The third-order valence-corrected chi connectivity index (χ3v) is 3.22. The number of carboxylic acids is 1. The maximum atomic E-state index is 10.4. The Morgan fingerprint density at radius 3 is 3.06 bits per heavy atom. The van der Waals surface area contributed by atoms with Crippen molar-refractivity contribution in [2.75, 3.05) is 13.2 Å². The van der Waals surface area contributed by atoms with E-state index in [4.69, 9.17) is 14.3 Å². The fraction of sp³-hybridized carbons (Fsp3) is 0.750. The molecule has 0 spiro atoms. The maximum Gasteiger partial charge on any atom is 0.303 e. The number of carboxylic acid groups (broad SMARTS) is 1. The fourth-order valence-electron chi connectivity index (χ4n) is 2.16. The molecule has 2 rings (SSSR count). The van der Waals surface area contributed by atoms with Gasteiger partial charge in [0.05, 0.1) is 0 Å². The third kappa shape index (κ3) is 3.29. The highest BCUT2D eigenvalue weighted by molar-refractivity contribution is 5.66. The van der Waals surface area contributed by atoms with Gasteiger partial charge in [0.25, 0.3) is 0 Å². The van der Waals surface area contributed by atoms with Gasteiger partial charge in [-0.3, -0.25) is 4.79 Å². The van der Waals surface area contributed by atoms with Gasteiger partial charge in [-0.1, -0.05) is 6.92 Å². The van der Waals surface area contributed by atoms with E-state index in [1.54, 1.807) is 0 Å². The summed E-state index contributed by atoms with van der Waals surface area (Å²) in [7, 11) is 0. The highest BCUT2D eigenvalue weighted by Crippen LogP contribution is 2.30. The van der Waals surface area contributed by atoms with Crippen molar-refractivity contribution in [1.29, 1.82) is 0 Å². The summed E-state index contributed by atoms with van der Waals surface area (Å²) in [5, 5.41) is 16.6. The van der Waals surface area contributed by atoms with E-state index >= 15 is 0 Å². The summed E-state index contributed by atoms with van der Waals surface area (Å²) in [4.78, 5) is 10.4. The Bertz CT molecular complexity index is 405. The number of ether oxygens (including phenoxy) is 1. The van der Waals surface area contributed by atoms with Crippen molar-refractivity contribution in [2.24, 2.45) is 5.92 Å². The lowest BCUT2D eigenvalue weighted by Gasteiger charge is -2.25. The van der Waals surface area contributed by atoms with Crippen LogP contribution in [0.4, 0.5) is 0 Å². The average molecular weight is 254 g/mol. The zero-order chi connectivity index (χ0) is 13.0. The van der Waals surface area contributed by atoms with E-state index in [0.29, 0.717) is 30.5 Å². The number of rotatable bonds is 5. The topological polar surface area (TPSA) is 85.5 Å². The van der Waals surface area contributed by atoms with E-state index in [9.17, 15) is 4.79 Å². The Balaban J connectivity index is 1.90. The second-order valence-corrected chi connectivity index (χ2v) is 4.73. The highest BCUT2D eigenvalue weighted by atomic mass is 16.5. The second kappa shape index (κ2) is 5.95. The molecule has 18 heavy (non-hydrogen) atoms. The Morgan fingerprint density at radius 1 is 1.50 bits per heavy atom. The molecule has 0 radical (unpaired) electrons. The molecule has 1 fully saturated rings. The number of aromatic nitrogens is 2. The molecule has 2 heterocycles. The number of carbonyl (C=O) groups is 1. The lowest BCUT2D eigenvalue weighted by molar-refractivity contribution is -0.137. The number of aryl methyl sites for hydroxylation is 1. The second-order valence-electron chi connectivity index (χ2n) is 4.73. The highest BCUT2D eigenvalue weighted by Gasteiger charge is 2.28. The molecular formula is C12H18N2O4. The van der Waals surface area contributed by atoms with Gasteiger partial charge in [-0.25, -0.2) is 0 Å². The molecule has 0 aromatic carbocycles. The lowest BCUT2D eigenvalue weighted by atomic mass is 9.90. The van der Waals surface area contributed by atoms with Crippen LogP contribution in [0.15, 0.2) is 4.42 Å². The molecule has 2 atom stereocenters. The Labute approximate surface area is 105 Å². The molecule has 0 bridgehead atoms. The normalized spacial score (nSPS) is 24.1. The Kier molecular flexibility index (Phi) is 4.30. The van der Waals surface area contributed by atoms with E-state index in [2.05, 4.69) is 17.1 Å². The summed E-state index contributed by atoms with van der Waals surface area (Å²) in [6, 6.07) is 0. The number of hydrogen-bond acceptors (Lipinski definition) is 5.